The monoisotopic (exact) mass is 216 g/mol. The van der Waals surface area contributed by atoms with Crippen LogP contribution in [0.25, 0.3) is 0 Å². The van der Waals surface area contributed by atoms with Crippen molar-refractivity contribution in [1.29, 1.82) is 0 Å². The van der Waals surface area contributed by atoms with Crippen LogP contribution in [0.5, 0.6) is 0 Å². The molecule has 0 aromatic rings. The van der Waals surface area contributed by atoms with Gasteiger partial charge in [0, 0.05) is 12.8 Å². The molecule has 1 atom stereocenters. The Hall–Kier alpha value is -1.06. The summed E-state index contributed by atoms with van der Waals surface area (Å²) in [4.78, 5) is 21.7. The van der Waals surface area contributed by atoms with Gasteiger partial charge in [-0.15, -0.1) is 0 Å². The van der Waals surface area contributed by atoms with Gasteiger partial charge in [-0.25, -0.2) is 0 Å². The van der Waals surface area contributed by atoms with E-state index in [1.165, 1.54) is 0 Å². The van der Waals surface area contributed by atoms with Crippen LogP contribution in [-0.2, 0) is 19.1 Å². The van der Waals surface area contributed by atoms with Crippen molar-refractivity contribution < 1.29 is 19.1 Å². The number of esters is 2. The van der Waals surface area contributed by atoms with E-state index in [1.807, 2.05) is 6.92 Å². The van der Waals surface area contributed by atoms with Crippen LogP contribution in [0.1, 0.15) is 46.5 Å². The second-order valence-electron chi connectivity index (χ2n) is 3.37. The number of rotatable bonds is 7. The largest absolute Gasteiger partial charge is 0.466 e. The van der Waals surface area contributed by atoms with Crippen LogP contribution in [0.15, 0.2) is 0 Å². The summed E-state index contributed by atoms with van der Waals surface area (Å²) >= 11 is 0. The van der Waals surface area contributed by atoms with E-state index in [0.29, 0.717) is 19.4 Å². The summed E-state index contributed by atoms with van der Waals surface area (Å²) in [5, 5.41) is 0. The second kappa shape index (κ2) is 8.26. The van der Waals surface area contributed by atoms with Crippen LogP contribution in [0, 0.1) is 0 Å². The maximum atomic E-state index is 10.9. The van der Waals surface area contributed by atoms with Gasteiger partial charge in [0.15, 0.2) is 0 Å². The lowest BCUT2D eigenvalue weighted by Crippen LogP contribution is -2.15. The van der Waals surface area contributed by atoms with Crippen LogP contribution >= 0.6 is 0 Å². The van der Waals surface area contributed by atoms with Crippen molar-refractivity contribution in [3.63, 3.8) is 0 Å². The molecule has 0 radical (unpaired) electrons. The molecule has 4 nitrogen and oxygen atoms in total. The first kappa shape index (κ1) is 13.9. The molecule has 0 N–H and O–H groups in total. The molecule has 0 aliphatic carbocycles. The molecule has 88 valence electrons. The van der Waals surface area contributed by atoms with Gasteiger partial charge in [0.05, 0.1) is 12.7 Å². The topological polar surface area (TPSA) is 52.6 Å². The molecule has 0 spiro atoms. The highest BCUT2D eigenvalue weighted by molar-refractivity contribution is 5.69. The van der Waals surface area contributed by atoms with E-state index >= 15 is 0 Å². The molecule has 0 aliphatic rings. The Morgan fingerprint density at radius 1 is 1.13 bits per heavy atom. The van der Waals surface area contributed by atoms with Crippen LogP contribution in [-0.4, -0.2) is 24.6 Å². The van der Waals surface area contributed by atoms with Crippen molar-refractivity contribution in [3.8, 4) is 0 Å². The lowest BCUT2D eigenvalue weighted by molar-refractivity contribution is -0.149. The first-order chi connectivity index (χ1) is 7.10. The number of hydrogen-bond donors (Lipinski definition) is 0. The van der Waals surface area contributed by atoms with Crippen LogP contribution in [0.2, 0.25) is 0 Å². The van der Waals surface area contributed by atoms with Gasteiger partial charge >= 0.3 is 11.9 Å². The molecule has 0 saturated heterocycles. The third kappa shape index (κ3) is 7.97. The lowest BCUT2D eigenvalue weighted by atomic mass is 10.2. The quantitative estimate of drug-likeness (QED) is 0.483. The molecule has 0 saturated carbocycles. The predicted octanol–water partition coefficient (Wildman–Crippen LogP) is 2.06. The van der Waals surface area contributed by atoms with Crippen molar-refractivity contribution in [2.75, 3.05) is 6.61 Å². The van der Waals surface area contributed by atoms with Crippen LogP contribution in [0.4, 0.5) is 0 Å². The van der Waals surface area contributed by atoms with E-state index in [1.54, 1.807) is 13.8 Å². The van der Waals surface area contributed by atoms with Gasteiger partial charge in [0.1, 0.15) is 0 Å². The van der Waals surface area contributed by atoms with Crippen molar-refractivity contribution in [2.24, 2.45) is 0 Å². The van der Waals surface area contributed by atoms with Crippen LogP contribution < -0.4 is 0 Å². The van der Waals surface area contributed by atoms with E-state index < -0.39 is 0 Å². The van der Waals surface area contributed by atoms with Crippen molar-refractivity contribution in [2.45, 2.75) is 52.6 Å². The van der Waals surface area contributed by atoms with Gasteiger partial charge in [-0.05, 0) is 19.8 Å². The molecule has 0 amide bonds. The van der Waals surface area contributed by atoms with Gasteiger partial charge in [0.2, 0.25) is 0 Å². The fourth-order valence-corrected chi connectivity index (χ4v) is 1.03. The van der Waals surface area contributed by atoms with Gasteiger partial charge in [-0.2, -0.15) is 0 Å². The Morgan fingerprint density at radius 2 is 1.73 bits per heavy atom. The third-order valence-electron chi connectivity index (χ3n) is 1.93. The molecule has 1 unspecified atom stereocenters. The summed E-state index contributed by atoms with van der Waals surface area (Å²) in [5.41, 5.74) is 0. The second-order valence-corrected chi connectivity index (χ2v) is 3.37. The summed E-state index contributed by atoms with van der Waals surface area (Å²) in [6, 6.07) is 0. The Labute approximate surface area is 90.9 Å². The summed E-state index contributed by atoms with van der Waals surface area (Å²) < 4.78 is 9.95. The van der Waals surface area contributed by atoms with Crippen molar-refractivity contribution in [3.05, 3.63) is 0 Å². The van der Waals surface area contributed by atoms with E-state index in [9.17, 15) is 9.59 Å². The molecular weight excluding hydrogens is 196 g/mol. The maximum Gasteiger partial charge on any atom is 0.305 e. The molecule has 0 aromatic carbocycles. The van der Waals surface area contributed by atoms with Gasteiger partial charge in [0.25, 0.3) is 0 Å². The fourth-order valence-electron chi connectivity index (χ4n) is 1.03. The molecule has 0 bridgehead atoms. The molecule has 15 heavy (non-hydrogen) atoms. The zero-order valence-corrected chi connectivity index (χ0v) is 9.75. The molecular formula is C11H20O4. The number of carbonyl (C=O) groups is 2. The molecule has 0 heterocycles. The summed E-state index contributed by atoms with van der Waals surface area (Å²) in [7, 11) is 0. The standard InChI is InChI=1S/C11H20O4/c1-4-10(12)14-8-6-7-9(3)15-11(13)5-2/h9H,4-8H2,1-3H3. The lowest BCUT2D eigenvalue weighted by Gasteiger charge is -2.12. The molecule has 4 heteroatoms. The highest BCUT2D eigenvalue weighted by Crippen LogP contribution is 2.03. The SMILES string of the molecule is CCC(=O)OCCCC(C)OC(=O)CC. The Morgan fingerprint density at radius 3 is 2.27 bits per heavy atom. The molecule has 0 fully saturated rings. The number of carbonyl (C=O) groups excluding carboxylic acids is 2. The van der Waals surface area contributed by atoms with Gasteiger partial charge in [-0.3, -0.25) is 9.59 Å². The van der Waals surface area contributed by atoms with Gasteiger partial charge in [-0.1, -0.05) is 13.8 Å². The zero-order valence-electron chi connectivity index (χ0n) is 9.75. The third-order valence-corrected chi connectivity index (χ3v) is 1.93. The molecule has 0 aromatic heterocycles. The highest BCUT2D eigenvalue weighted by Gasteiger charge is 2.07. The minimum Gasteiger partial charge on any atom is -0.466 e. The minimum atomic E-state index is -0.187. The Bertz CT molecular complexity index is 201. The minimum absolute atomic E-state index is 0.0993. The zero-order chi connectivity index (χ0) is 11.7. The smallest absolute Gasteiger partial charge is 0.305 e. The van der Waals surface area contributed by atoms with E-state index in [4.69, 9.17) is 9.47 Å². The first-order valence-corrected chi connectivity index (χ1v) is 5.45. The number of ether oxygens (including phenoxy) is 2. The summed E-state index contributed by atoms with van der Waals surface area (Å²) in [6.45, 7) is 5.77. The van der Waals surface area contributed by atoms with Crippen molar-refractivity contribution >= 4 is 11.9 Å². The Balaban J connectivity index is 3.42. The van der Waals surface area contributed by atoms with E-state index in [-0.39, 0.29) is 18.0 Å². The number of hydrogen-bond acceptors (Lipinski definition) is 4. The normalized spacial score (nSPS) is 11.9. The Kier molecular flexibility index (Phi) is 7.68. The maximum absolute atomic E-state index is 10.9. The van der Waals surface area contributed by atoms with Crippen molar-refractivity contribution in [1.82, 2.24) is 0 Å². The first-order valence-electron chi connectivity index (χ1n) is 5.45. The van der Waals surface area contributed by atoms with Crippen LogP contribution in [0.3, 0.4) is 0 Å². The summed E-state index contributed by atoms with van der Waals surface area (Å²) in [6.07, 6.45) is 2.15. The average Bonchev–Trinajstić information content (AvgIpc) is 2.23. The molecule has 0 rings (SSSR count). The van der Waals surface area contributed by atoms with E-state index in [2.05, 4.69) is 0 Å². The average molecular weight is 216 g/mol. The molecule has 0 aliphatic heterocycles. The fraction of sp³-hybridized carbons (Fsp3) is 0.818. The van der Waals surface area contributed by atoms with E-state index in [0.717, 1.165) is 12.8 Å². The predicted molar refractivity (Wildman–Crippen MR) is 56.3 cm³/mol. The highest BCUT2D eigenvalue weighted by atomic mass is 16.5. The summed E-state index contributed by atoms with van der Waals surface area (Å²) in [5.74, 6) is -0.374. The van der Waals surface area contributed by atoms with Gasteiger partial charge < -0.3 is 9.47 Å².